The lowest BCUT2D eigenvalue weighted by molar-refractivity contribution is -0.124. The zero-order valence-corrected chi connectivity index (χ0v) is 14.6. The van der Waals surface area contributed by atoms with Gasteiger partial charge < -0.3 is 0 Å². The SMILES string of the molecule is O=C(C1CCC1)N(Cc1cccnc1)c1nc2ccc(Cl)cc2s1. The molecule has 6 heteroatoms. The third-order valence-electron chi connectivity index (χ3n) is 4.35. The van der Waals surface area contributed by atoms with Crippen molar-refractivity contribution in [3.05, 3.63) is 53.3 Å². The van der Waals surface area contributed by atoms with Gasteiger partial charge in [0.2, 0.25) is 5.91 Å². The highest BCUT2D eigenvalue weighted by Gasteiger charge is 2.31. The summed E-state index contributed by atoms with van der Waals surface area (Å²) in [5, 5.41) is 1.41. The molecular weight excluding hydrogens is 342 g/mol. The van der Waals surface area contributed by atoms with Crippen LogP contribution in [0, 0.1) is 5.92 Å². The molecule has 2 aromatic heterocycles. The fourth-order valence-corrected chi connectivity index (χ4v) is 4.04. The fourth-order valence-electron chi connectivity index (χ4n) is 2.79. The van der Waals surface area contributed by atoms with Crippen LogP contribution in [0.15, 0.2) is 42.7 Å². The number of nitrogens with zero attached hydrogens (tertiary/aromatic N) is 3. The Bertz CT molecular complexity index is 876. The molecule has 0 atom stereocenters. The summed E-state index contributed by atoms with van der Waals surface area (Å²) in [5.74, 6) is 0.285. The molecule has 1 aromatic carbocycles. The molecule has 0 bridgehead atoms. The van der Waals surface area contributed by atoms with Gasteiger partial charge in [-0.2, -0.15) is 0 Å². The summed E-state index contributed by atoms with van der Waals surface area (Å²) in [5.41, 5.74) is 1.87. The monoisotopic (exact) mass is 357 g/mol. The summed E-state index contributed by atoms with van der Waals surface area (Å²) in [4.78, 5) is 23.5. The Balaban J connectivity index is 1.71. The van der Waals surface area contributed by atoms with E-state index in [2.05, 4.69) is 9.97 Å². The highest BCUT2D eigenvalue weighted by molar-refractivity contribution is 7.22. The molecule has 0 saturated heterocycles. The maximum Gasteiger partial charge on any atom is 0.232 e. The maximum atomic E-state index is 12.9. The van der Waals surface area contributed by atoms with E-state index in [1.54, 1.807) is 17.3 Å². The standard InChI is InChI=1S/C18H16ClN3OS/c19-14-6-7-15-16(9-14)24-18(21-15)22(17(23)13-4-1-5-13)11-12-3-2-8-20-10-12/h2-3,6-10,13H,1,4-5,11H2. The molecule has 0 spiro atoms. The molecule has 0 aliphatic heterocycles. The second-order valence-electron chi connectivity index (χ2n) is 6.02. The van der Waals surface area contributed by atoms with Crippen LogP contribution < -0.4 is 4.90 Å². The van der Waals surface area contributed by atoms with Gasteiger partial charge in [0.1, 0.15) is 0 Å². The number of pyridine rings is 1. The van der Waals surface area contributed by atoms with E-state index in [0.717, 1.165) is 40.2 Å². The summed E-state index contributed by atoms with van der Waals surface area (Å²) < 4.78 is 0.995. The highest BCUT2D eigenvalue weighted by Crippen LogP contribution is 2.35. The number of hydrogen-bond acceptors (Lipinski definition) is 4. The molecule has 1 aliphatic rings. The molecule has 0 N–H and O–H groups in total. The summed E-state index contributed by atoms with van der Waals surface area (Å²) in [6.07, 6.45) is 6.61. The topological polar surface area (TPSA) is 46.1 Å². The molecule has 3 aromatic rings. The van der Waals surface area contributed by atoms with Gasteiger partial charge in [0.15, 0.2) is 5.13 Å². The van der Waals surface area contributed by atoms with E-state index in [4.69, 9.17) is 11.6 Å². The average molecular weight is 358 g/mol. The normalized spacial score (nSPS) is 14.5. The minimum atomic E-state index is 0.122. The van der Waals surface area contributed by atoms with Gasteiger partial charge in [-0.3, -0.25) is 14.7 Å². The molecule has 1 fully saturated rings. The van der Waals surface area contributed by atoms with Crippen molar-refractivity contribution < 1.29 is 4.79 Å². The van der Waals surface area contributed by atoms with Gasteiger partial charge in [-0.25, -0.2) is 4.98 Å². The molecule has 122 valence electrons. The van der Waals surface area contributed by atoms with Crippen LogP contribution >= 0.6 is 22.9 Å². The molecule has 4 nitrogen and oxygen atoms in total. The predicted octanol–water partition coefficient (Wildman–Crippen LogP) is 4.68. The van der Waals surface area contributed by atoms with Crippen molar-refractivity contribution in [3.63, 3.8) is 0 Å². The molecule has 1 saturated carbocycles. The number of amides is 1. The van der Waals surface area contributed by atoms with E-state index in [0.29, 0.717) is 11.6 Å². The van der Waals surface area contributed by atoms with E-state index >= 15 is 0 Å². The number of carbonyl (C=O) groups excluding carboxylic acids is 1. The quantitative estimate of drug-likeness (QED) is 0.681. The Morgan fingerprint density at radius 3 is 2.92 bits per heavy atom. The highest BCUT2D eigenvalue weighted by atomic mass is 35.5. The van der Waals surface area contributed by atoms with Crippen LogP contribution in [0.1, 0.15) is 24.8 Å². The molecule has 4 rings (SSSR count). The van der Waals surface area contributed by atoms with Gasteiger partial charge in [0.25, 0.3) is 0 Å². The third kappa shape index (κ3) is 3.01. The summed E-state index contributed by atoms with van der Waals surface area (Å²) in [7, 11) is 0. The number of fused-ring (bicyclic) bond motifs is 1. The van der Waals surface area contributed by atoms with E-state index in [1.807, 2.05) is 30.3 Å². The Morgan fingerprint density at radius 1 is 1.33 bits per heavy atom. The number of benzene rings is 1. The number of thiazole rings is 1. The second kappa shape index (κ2) is 6.49. The minimum absolute atomic E-state index is 0.122. The minimum Gasteiger partial charge on any atom is -0.283 e. The Kier molecular flexibility index (Phi) is 4.21. The molecule has 2 heterocycles. The van der Waals surface area contributed by atoms with Crippen LogP contribution in [-0.4, -0.2) is 15.9 Å². The van der Waals surface area contributed by atoms with E-state index in [1.165, 1.54) is 11.3 Å². The largest absolute Gasteiger partial charge is 0.283 e. The average Bonchev–Trinajstić information content (AvgIpc) is 2.94. The Morgan fingerprint density at radius 2 is 2.21 bits per heavy atom. The van der Waals surface area contributed by atoms with Crippen molar-refractivity contribution in [2.24, 2.45) is 5.92 Å². The zero-order chi connectivity index (χ0) is 16.5. The number of carbonyl (C=O) groups is 1. The van der Waals surface area contributed by atoms with Crippen LogP contribution in [0.25, 0.3) is 10.2 Å². The van der Waals surface area contributed by atoms with Crippen molar-refractivity contribution in [1.82, 2.24) is 9.97 Å². The zero-order valence-electron chi connectivity index (χ0n) is 13.0. The van der Waals surface area contributed by atoms with E-state index in [9.17, 15) is 4.79 Å². The van der Waals surface area contributed by atoms with Crippen LogP contribution in [0.3, 0.4) is 0 Å². The second-order valence-corrected chi connectivity index (χ2v) is 7.47. The number of rotatable bonds is 4. The lowest BCUT2D eigenvalue weighted by Crippen LogP contribution is -2.38. The van der Waals surface area contributed by atoms with Crippen LogP contribution in [0.5, 0.6) is 0 Å². The predicted molar refractivity (Wildman–Crippen MR) is 97.4 cm³/mol. The first kappa shape index (κ1) is 15.5. The lowest BCUT2D eigenvalue weighted by Gasteiger charge is -2.30. The van der Waals surface area contributed by atoms with Crippen molar-refractivity contribution >= 4 is 44.2 Å². The van der Waals surface area contributed by atoms with E-state index < -0.39 is 0 Å². The van der Waals surface area contributed by atoms with Gasteiger partial charge in [-0.05, 0) is 42.7 Å². The number of halogens is 1. The molecular formula is C18H16ClN3OS. The van der Waals surface area contributed by atoms with Gasteiger partial charge in [0.05, 0.1) is 16.8 Å². The summed E-state index contributed by atoms with van der Waals surface area (Å²) >= 11 is 7.58. The number of hydrogen-bond donors (Lipinski definition) is 0. The molecule has 24 heavy (non-hydrogen) atoms. The molecule has 1 amide bonds. The third-order valence-corrected chi connectivity index (χ3v) is 5.63. The number of aromatic nitrogens is 2. The number of anilines is 1. The van der Waals surface area contributed by atoms with Gasteiger partial charge >= 0.3 is 0 Å². The fraction of sp³-hybridized carbons (Fsp3) is 0.278. The van der Waals surface area contributed by atoms with Crippen LogP contribution in [-0.2, 0) is 11.3 Å². The first-order valence-corrected chi connectivity index (χ1v) is 9.16. The smallest absolute Gasteiger partial charge is 0.232 e. The van der Waals surface area contributed by atoms with Gasteiger partial charge in [-0.1, -0.05) is 35.4 Å². The Hall–Kier alpha value is -1.98. The van der Waals surface area contributed by atoms with E-state index in [-0.39, 0.29) is 11.8 Å². The molecule has 0 unspecified atom stereocenters. The first-order chi connectivity index (χ1) is 11.7. The Labute approximate surface area is 149 Å². The van der Waals surface area contributed by atoms with Crippen molar-refractivity contribution in [2.45, 2.75) is 25.8 Å². The van der Waals surface area contributed by atoms with Crippen molar-refractivity contribution in [2.75, 3.05) is 4.90 Å². The first-order valence-electron chi connectivity index (χ1n) is 7.97. The lowest BCUT2D eigenvalue weighted by atomic mass is 9.84. The van der Waals surface area contributed by atoms with Crippen molar-refractivity contribution in [3.8, 4) is 0 Å². The maximum absolute atomic E-state index is 12.9. The molecule has 0 radical (unpaired) electrons. The van der Waals surface area contributed by atoms with Crippen LogP contribution in [0.2, 0.25) is 5.02 Å². The van der Waals surface area contributed by atoms with Crippen molar-refractivity contribution in [1.29, 1.82) is 0 Å². The summed E-state index contributed by atoms with van der Waals surface area (Å²) in [6, 6.07) is 9.49. The van der Waals surface area contributed by atoms with Gasteiger partial charge in [0, 0.05) is 23.3 Å². The molecule has 1 aliphatic carbocycles. The summed E-state index contributed by atoms with van der Waals surface area (Å²) in [6.45, 7) is 0.497. The van der Waals surface area contributed by atoms with Crippen LogP contribution in [0.4, 0.5) is 5.13 Å². The van der Waals surface area contributed by atoms with Gasteiger partial charge in [-0.15, -0.1) is 0 Å².